The van der Waals surface area contributed by atoms with E-state index in [0.717, 1.165) is 35.3 Å². The number of rotatable bonds is 4. The van der Waals surface area contributed by atoms with Gasteiger partial charge in [-0.15, -0.1) is 0 Å². The maximum atomic E-state index is 13.1. The molecule has 26 heavy (non-hydrogen) atoms. The average Bonchev–Trinajstić information content (AvgIpc) is 3.07. The van der Waals surface area contributed by atoms with Crippen molar-refractivity contribution in [2.75, 3.05) is 13.9 Å². The normalized spacial score (nSPS) is 18.0. The van der Waals surface area contributed by atoms with Crippen molar-refractivity contribution in [2.24, 2.45) is 0 Å². The van der Waals surface area contributed by atoms with Gasteiger partial charge in [0.25, 0.3) is 0 Å². The highest BCUT2D eigenvalue weighted by atomic mass is 16.7. The lowest BCUT2D eigenvalue weighted by atomic mass is 9.79. The van der Waals surface area contributed by atoms with Gasteiger partial charge < -0.3 is 18.9 Å². The second-order valence-electron chi connectivity index (χ2n) is 6.90. The first-order valence-corrected chi connectivity index (χ1v) is 8.88. The SMILES string of the molecule is COc1ccc(C2CCc3cc4c(cc3C2=O)OCO4)cc1OC(C)C. The monoisotopic (exact) mass is 354 g/mol. The van der Waals surface area contributed by atoms with Gasteiger partial charge in [-0.1, -0.05) is 6.07 Å². The fourth-order valence-corrected chi connectivity index (χ4v) is 3.61. The topological polar surface area (TPSA) is 54.0 Å². The highest BCUT2D eigenvalue weighted by molar-refractivity contribution is 6.03. The smallest absolute Gasteiger partial charge is 0.231 e. The minimum atomic E-state index is -0.191. The van der Waals surface area contributed by atoms with Gasteiger partial charge >= 0.3 is 0 Å². The van der Waals surface area contributed by atoms with Crippen LogP contribution in [-0.2, 0) is 6.42 Å². The van der Waals surface area contributed by atoms with E-state index in [-0.39, 0.29) is 24.6 Å². The Hall–Kier alpha value is -2.69. The summed E-state index contributed by atoms with van der Waals surface area (Å²) in [6.07, 6.45) is 1.62. The Morgan fingerprint density at radius 3 is 2.58 bits per heavy atom. The van der Waals surface area contributed by atoms with Crippen molar-refractivity contribution in [1.82, 2.24) is 0 Å². The summed E-state index contributed by atoms with van der Waals surface area (Å²) >= 11 is 0. The van der Waals surface area contributed by atoms with Gasteiger partial charge in [0.05, 0.1) is 13.2 Å². The molecule has 0 spiro atoms. The van der Waals surface area contributed by atoms with E-state index in [2.05, 4.69) is 0 Å². The molecule has 0 fully saturated rings. The van der Waals surface area contributed by atoms with Gasteiger partial charge in [0.1, 0.15) is 0 Å². The van der Waals surface area contributed by atoms with E-state index in [1.54, 1.807) is 7.11 Å². The minimum Gasteiger partial charge on any atom is -0.493 e. The predicted molar refractivity (Wildman–Crippen MR) is 96.7 cm³/mol. The van der Waals surface area contributed by atoms with Crippen molar-refractivity contribution in [3.8, 4) is 23.0 Å². The van der Waals surface area contributed by atoms with E-state index in [1.165, 1.54) is 0 Å². The molecular weight excluding hydrogens is 332 g/mol. The number of fused-ring (bicyclic) bond motifs is 2. The molecule has 1 atom stereocenters. The van der Waals surface area contributed by atoms with Crippen LogP contribution in [0.15, 0.2) is 30.3 Å². The number of carbonyl (C=O) groups excluding carboxylic acids is 1. The molecule has 0 saturated heterocycles. The van der Waals surface area contributed by atoms with E-state index < -0.39 is 0 Å². The highest BCUT2D eigenvalue weighted by Crippen LogP contribution is 2.42. The molecule has 0 N–H and O–H groups in total. The summed E-state index contributed by atoms with van der Waals surface area (Å²) in [5.41, 5.74) is 2.71. The molecule has 0 aromatic heterocycles. The molecule has 2 aliphatic rings. The predicted octanol–water partition coefficient (Wildman–Crippen LogP) is 4.12. The van der Waals surface area contributed by atoms with Gasteiger partial charge in [-0.2, -0.15) is 0 Å². The maximum Gasteiger partial charge on any atom is 0.231 e. The summed E-state index contributed by atoms with van der Waals surface area (Å²) in [6, 6.07) is 9.51. The van der Waals surface area contributed by atoms with Crippen LogP contribution in [0.4, 0.5) is 0 Å². The van der Waals surface area contributed by atoms with Gasteiger partial charge in [-0.25, -0.2) is 0 Å². The van der Waals surface area contributed by atoms with Gasteiger partial charge in [-0.3, -0.25) is 4.79 Å². The third kappa shape index (κ3) is 2.87. The molecule has 5 heteroatoms. The Morgan fingerprint density at radius 2 is 1.85 bits per heavy atom. The third-order valence-corrected chi connectivity index (χ3v) is 4.84. The van der Waals surface area contributed by atoms with Crippen LogP contribution in [0.25, 0.3) is 0 Å². The second-order valence-corrected chi connectivity index (χ2v) is 6.90. The van der Waals surface area contributed by atoms with Crippen LogP contribution < -0.4 is 18.9 Å². The van der Waals surface area contributed by atoms with Crippen molar-refractivity contribution >= 4 is 5.78 Å². The molecule has 2 aromatic rings. The number of ketones is 1. The number of hydrogen-bond acceptors (Lipinski definition) is 5. The number of benzene rings is 2. The maximum absolute atomic E-state index is 13.1. The van der Waals surface area contributed by atoms with Gasteiger partial charge in [0.2, 0.25) is 6.79 Å². The van der Waals surface area contributed by atoms with Crippen LogP contribution in [0.2, 0.25) is 0 Å². The van der Waals surface area contributed by atoms with Crippen molar-refractivity contribution in [3.63, 3.8) is 0 Å². The molecule has 1 unspecified atom stereocenters. The van der Waals surface area contributed by atoms with Crippen molar-refractivity contribution < 1.29 is 23.7 Å². The quantitative estimate of drug-likeness (QED) is 0.826. The van der Waals surface area contributed by atoms with Crippen LogP contribution in [0.1, 0.15) is 47.7 Å². The first-order chi connectivity index (χ1) is 12.6. The first kappa shape index (κ1) is 16.8. The molecule has 136 valence electrons. The molecule has 1 aliphatic heterocycles. The summed E-state index contributed by atoms with van der Waals surface area (Å²) < 4.78 is 22.1. The van der Waals surface area contributed by atoms with Crippen LogP contribution >= 0.6 is 0 Å². The summed E-state index contributed by atoms with van der Waals surface area (Å²) in [4.78, 5) is 13.1. The summed E-state index contributed by atoms with van der Waals surface area (Å²) in [6.45, 7) is 4.15. The standard InChI is InChI=1S/C21H22O5/c1-12(2)26-20-9-13(5-7-17(20)23-3)15-6-4-14-8-18-19(25-11-24-18)10-16(14)21(15)22/h5,7-10,12,15H,4,6,11H2,1-3H3. The number of Topliss-reactive ketones (excluding diaryl/α,β-unsaturated/α-hetero) is 1. The molecule has 2 aromatic carbocycles. The summed E-state index contributed by atoms with van der Waals surface area (Å²) in [7, 11) is 1.62. The van der Waals surface area contributed by atoms with E-state index in [4.69, 9.17) is 18.9 Å². The molecule has 1 heterocycles. The zero-order valence-corrected chi connectivity index (χ0v) is 15.2. The van der Waals surface area contributed by atoms with Crippen LogP contribution in [0.5, 0.6) is 23.0 Å². The lowest BCUT2D eigenvalue weighted by molar-refractivity contribution is 0.0945. The van der Waals surface area contributed by atoms with Crippen molar-refractivity contribution in [1.29, 1.82) is 0 Å². The minimum absolute atomic E-state index is 0.0293. The number of aryl methyl sites for hydroxylation is 1. The van der Waals surface area contributed by atoms with Gasteiger partial charge in [0.15, 0.2) is 28.8 Å². The number of carbonyl (C=O) groups is 1. The van der Waals surface area contributed by atoms with E-state index in [1.807, 2.05) is 44.2 Å². The molecule has 1 aliphatic carbocycles. The van der Waals surface area contributed by atoms with Crippen LogP contribution in [0, 0.1) is 0 Å². The Bertz CT molecular complexity index is 856. The second kappa shape index (κ2) is 6.56. The largest absolute Gasteiger partial charge is 0.493 e. The lowest BCUT2D eigenvalue weighted by Crippen LogP contribution is -2.21. The zero-order chi connectivity index (χ0) is 18.3. The van der Waals surface area contributed by atoms with Gasteiger partial charge in [-0.05, 0) is 62.1 Å². The number of methoxy groups -OCH3 is 1. The summed E-state index contributed by atoms with van der Waals surface area (Å²) in [5, 5.41) is 0. The Balaban J connectivity index is 1.68. The van der Waals surface area contributed by atoms with Crippen molar-refractivity contribution in [2.45, 2.75) is 38.7 Å². The fraction of sp³-hybridized carbons (Fsp3) is 0.381. The van der Waals surface area contributed by atoms with E-state index >= 15 is 0 Å². The van der Waals surface area contributed by atoms with Crippen LogP contribution in [0.3, 0.4) is 0 Å². The van der Waals surface area contributed by atoms with E-state index in [0.29, 0.717) is 17.2 Å². The van der Waals surface area contributed by atoms with E-state index in [9.17, 15) is 4.79 Å². The Kier molecular flexibility index (Phi) is 4.23. The van der Waals surface area contributed by atoms with Crippen molar-refractivity contribution in [3.05, 3.63) is 47.0 Å². The Labute approximate surface area is 152 Å². The molecular formula is C21H22O5. The van der Waals surface area contributed by atoms with Crippen LogP contribution in [-0.4, -0.2) is 25.8 Å². The molecule has 0 amide bonds. The van der Waals surface area contributed by atoms with Gasteiger partial charge in [0, 0.05) is 11.5 Å². The average molecular weight is 354 g/mol. The molecule has 5 nitrogen and oxygen atoms in total. The number of ether oxygens (including phenoxy) is 4. The Morgan fingerprint density at radius 1 is 1.08 bits per heavy atom. The summed E-state index contributed by atoms with van der Waals surface area (Å²) in [5.74, 6) is 2.65. The third-order valence-electron chi connectivity index (χ3n) is 4.84. The molecule has 0 radical (unpaired) electrons. The molecule has 0 bridgehead atoms. The number of hydrogen-bond donors (Lipinski definition) is 0. The fourth-order valence-electron chi connectivity index (χ4n) is 3.61. The molecule has 0 saturated carbocycles. The molecule has 4 rings (SSSR count). The lowest BCUT2D eigenvalue weighted by Gasteiger charge is -2.25. The zero-order valence-electron chi connectivity index (χ0n) is 15.2. The highest BCUT2D eigenvalue weighted by Gasteiger charge is 2.31. The first-order valence-electron chi connectivity index (χ1n) is 8.88.